The monoisotopic (exact) mass is 369 g/mol. The number of methoxy groups -OCH3 is 1. The number of nitrogens with two attached hydrogens (primary N) is 1. The van der Waals surface area contributed by atoms with Crippen molar-refractivity contribution in [3.8, 4) is 16.9 Å². The highest BCUT2D eigenvalue weighted by Crippen LogP contribution is 2.37. The van der Waals surface area contributed by atoms with Crippen LogP contribution in [-0.2, 0) is 4.84 Å². The minimum Gasteiger partial charge on any atom is -0.497 e. The van der Waals surface area contributed by atoms with Gasteiger partial charge in [0.1, 0.15) is 23.5 Å². The topological polar surface area (TPSA) is 116 Å². The van der Waals surface area contributed by atoms with Gasteiger partial charge in [-0.1, -0.05) is 12.1 Å². The van der Waals surface area contributed by atoms with Crippen molar-refractivity contribution < 1.29 is 19.5 Å². The molecule has 1 aliphatic heterocycles. The van der Waals surface area contributed by atoms with E-state index in [-0.39, 0.29) is 6.04 Å². The molecule has 9 nitrogen and oxygen atoms in total. The molecule has 1 atom stereocenters. The Hall–Kier alpha value is -3.33. The summed E-state index contributed by atoms with van der Waals surface area (Å²) in [5.41, 5.74) is 8.72. The molecule has 140 valence electrons. The molecule has 1 saturated heterocycles. The van der Waals surface area contributed by atoms with Gasteiger partial charge in [0.15, 0.2) is 0 Å². The van der Waals surface area contributed by atoms with E-state index in [4.69, 9.17) is 20.4 Å². The molecule has 3 N–H and O–H groups in total. The van der Waals surface area contributed by atoms with E-state index in [1.54, 1.807) is 7.11 Å². The maximum atomic E-state index is 10.8. The highest BCUT2D eigenvalue weighted by atomic mass is 16.8. The lowest BCUT2D eigenvalue weighted by molar-refractivity contribution is -0.104. The Morgan fingerprint density at radius 2 is 2.22 bits per heavy atom. The summed E-state index contributed by atoms with van der Waals surface area (Å²) in [6.45, 7) is 0.962. The van der Waals surface area contributed by atoms with Crippen molar-refractivity contribution in [2.45, 2.75) is 12.5 Å². The van der Waals surface area contributed by atoms with E-state index in [1.165, 1.54) is 11.4 Å². The van der Waals surface area contributed by atoms with Gasteiger partial charge in [-0.3, -0.25) is 0 Å². The Bertz CT molecular complexity index is 1000. The molecule has 0 bridgehead atoms. The Balaban J connectivity index is 1.79. The van der Waals surface area contributed by atoms with Crippen LogP contribution in [0.1, 0.15) is 12.5 Å². The molecule has 0 saturated carbocycles. The van der Waals surface area contributed by atoms with Crippen molar-refractivity contribution in [1.82, 2.24) is 19.6 Å². The van der Waals surface area contributed by atoms with Crippen molar-refractivity contribution in [3.05, 3.63) is 36.8 Å². The van der Waals surface area contributed by atoms with Crippen LogP contribution in [0.3, 0.4) is 0 Å². The van der Waals surface area contributed by atoms with E-state index in [0.717, 1.165) is 28.7 Å². The van der Waals surface area contributed by atoms with Gasteiger partial charge in [0.2, 0.25) is 0 Å². The van der Waals surface area contributed by atoms with Gasteiger partial charge in [0.05, 0.1) is 25.1 Å². The molecular formula is C18H19N5O4. The Morgan fingerprint density at radius 3 is 3.00 bits per heavy atom. The molecule has 3 heterocycles. The van der Waals surface area contributed by atoms with Gasteiger partial charge in [-0.15, -0.1) is 5.06 Å². The SMILES string of the molecule is COc1cccc(-c2cn(C3CCN(OC(=O)O)C3)c3ncnc(N)c23)c1. The fourth-order valence-corrected chi connectivity index (χ4v) is 3.53. The van der Waals surface area contributed by atoms with Crippen molar-refractivity contribution in [2.75, 3.05) is 25.9 Å². The molecular weight excluding hydrogens is 350 g/mol. The van der Waals surface area contributed by atoms with Gasteiger partial charge < -0.3 is 25.0 Å². The molecule has 27 heavy (non-hydrogen) atoms. The van der Waals surface area contributed by atoms with Crippen LogP contribution in [-0.4, -0.2) is 51.1 Å². The minimum absolute atomic E-state index is 0.0144. The Morgan fingerprint density at radius 1 is 1.37 bits per heavy atom. The van der Waals surface area contributed by atoms with Crippen LogP contribution in [0.4, 0.5) is 10.6 Å². The van der Waals surface area contributed by atoms with Gasteiger partial charge in [-0.05, 0) is 24.1 Å². The first-order valence-corrected chi connectivity index (χ1v) is 8.48. The average Bonchev–Trinajstić information content (AvgIpc) is 3.26. The quantitative estimate of drug-likeness (QED) is 0.721. The molecule has 1 unspecified atom stereocenters. The first kappa shape index (κ1) is 17.1. The lowest BCUT2D eigenvalue weighted by Gasteiger charge is -2.14. The molecule has 3 aromatic rings. The molecule has 1 aliphatic rings. The second-order valence-electron chi connectivity index (χ2n) is 6.33. The smallest absolute Gasteiger partial charge is 0.497 e. The van der Waals surface area contributed by atoms with Gasteiger partial charge in [-0.25, -0.2) is 14.8 Å². The maximum absolute atomic E-state index is 10.8. The number of benzene rings is 1. The molecule has 1 fully saturated rings. The van der Waals surface area contributed by atoms with Crippen molar-refractivity contribution in [2.24, 2.45) is 0 Å². The van der Waals surface area contributed by atoms with Gasteiger partial charge in [0, 0.05) is 18.3 Å². The fourth-order valence-electron chi connectivity index (χ4n) is 3.53. The third-order valence-electron chi connectivity index (χ3n) is 4.75. The standard InChI is InChI=1S/C18H19N5O4/c1-26-13-4-2-3-11(7-13)14-9-23(17-15(14)16(19)20-10-21-17)12-5-6-22(8-12)27-18(24)25/h2-4,7,9-10,12H,5-6,8H2,1H3,(H,24,25)(H2,19,20,21). The van der Waals surface area contributed by atoms with E-state index < -0.39 is 6.16 Å². The summed E-state index contributed by atoms with van der Waals surface area (Å²) in [7, 11) is 1.62. The van der Waals surface area contributed by atoms with Crippen LogP contribution in [0, 0.1) is 0 Å². The van der Waals surface area contributed by atoms with Gasteiger partial charge >= 0.3 is 6.16 Å². The molecule has 9 heteroatoms. The van der Waals surface area contributed by atoms with Crippen LogP contribution in [0.25, 0.3) is 22.2 Å². The lowest BCUT2D eigenvalue weighted by Crippen LogP contribution is -2.24. The Labute approximate surface area is 154 Å². The third-order valence-corrected chi connectivity index (χ3v) is 4.75. The molecule has 0 radical (unpaired) electrons. The maximum Gasteiger partial charge on any atom is 0.525 e. The molecule has 1 aromatic carbocycles. The Kier molecular flexibility index (Phi) is 4.28. The zero-order chi connectivity index (χ0) is 19.0. The summed E-state index contributed by atoms with van der Waals surface area (Å²) in [6.07, 6.45) is 2.85. The number of anilines is 1. The molecule has 0 aliphatic carbocycles. The number of carbonyl (C=O) groups is 1. The second kappa shape index (κ2) is 6.76. The third kappa shape index (κ3) is 3.13. The summed E-state index contributed by atoms with van der Waals surface area (Å²) in [6, 6.07) is 7.71. The van der Waals surface area contributed by atoms with Crippen LogP contribution in [0.15, 0.2) is 36.8 Å². The summed E-state index contributed by atoms with van der Waals surface area (Å²) in [5.74, 6) is 1.14. The second-order valence-corrected chi connectivity index (χ2v) is 6.33. The average molecular weight is 369 g/mol. The molecule has 0 spiro atoms. The number of nitrogens with zero attached hydrogens (tertiary/aromatic N) is 4. The largest absolute Gasteiger partial charge is 0.525 e. The first-order chi connectivity index (χ1) is 13.1. The summed E-state index contributed by atoms with van der Waals surface area (Å²) in [5, 5.41) is 11.0. The summed E-state index contributed by atoms with van der Waals surface area (Å²) < 4.78 is 7.35. The van der Waals surface area contributed by atoms with Crippen LogP contribution in [0.5, 0.6) is 5.75 Å². The van der Waals surface area contributed by atoms with Crippen LogP contribution in [0.2, 0.25) is 0 Å². The summed E-state index contributed by atoms with van der Waals surface area (Å²) >= 11 is 0. The van der Waals surface area contributed by atoms with E-state index in [2.05, 4.69) is 9.97 Å². The zero-order valence-electron chi connectivity index (χ0n) is 14.7. The number of hydrogen-bond acceptors (Lipinski definition) is 7. The first-order valence-electron chi connectivity index (χ1n) is 8.48. The highest BCUT2D eigenvalue weighted by Gasteiger charge is 2.29. The molecule has 2 aromatic heterocycles. The number of rotatable bonds is 4. The van der Waals surface area contributed by atoms with Crippen molar-refractivity contribution in [3.63, 3.8) is 0 Å². The number of hydroxylamine groups is 2. The number of aromatic nitrogens is 3. The van der Waals surface area contributed by atoms with E-state index >= 15 is 0 Å². The minimum atomic E-state index is -1.31. The highest BCUT2D eigenvalue weighted by molar-refractivity contribution is 6.00. The predicted octanol–water partition coefficient (Wildman–Crippen LogP) is 2.55. The van der Waals surface area contributed by atoms with E-state index in [1.807, 2.05) is 35.0 Å². The predicted molar refractivity (Wildman–Crippen MR) is 98.3 cm³/mol. The number of nitrogen functional groups attached to an aromatic ring is 1. The van der Waals surface area contributed by atoms with E-state index in [9.17, 15) is 4.79 Å². The summed E-state index contributed by atoms with van der Waals surface area (Å²) in [4.78, 5) is 24.1. The normalized spacial score (nSPS) is 17.3. The zero-order valence-corrected chi connectivity index (χ0v) is 14.7. The molecule has 0 amide bonds. The van der Waals surface area contributed by atoms with Crippen molar-refractivity contribution >= 4 is 23.0 Å². The van der Waals surface area contributed by atoms with Crippen LogP contribution >= 0.6 is 0 Å². The lowest BCUT2D eigenvalue weighted by atomic mass is 10.1. The number of hydrogen-bond donors (Lipinski definition) is 2. The fraction of sp³-hybridized carbons (Fsp3) is 0.278. The van der Waals surface area contributed by atoms with Gasteiger partial charge in [-0.2, -0.15) is 0 Å². The van der Waals surface area contributed by atoms with Gasteiger partial charge in [0.25, 0.3) is 0 Å². The molecule has 4 rings (SSSR count). The number of fused-ring (bicyclic) bond motifs is 1. The van der Waals surface area contributed by atoms with Crippen molar-refractivity contribution in [1.29, 1.82) is 0 Å². The number of carboxylic acid groups (broad SMARTS) is 1. The van der Waals surface area contributed by atoms with E-state index in [0.29, 0.717) is 24.6 Å². The number of ether oxygens (including phenoxy) is 1. The van der Waals surface area contributed by atoms with Crippen LogP contribution < -0.4 is 10.5 Å².